The van der Waals surface area contributed by atoms with E-state index in [4.69, 9.17) is 4.74 Å². The van der Waals surface area contributed by atoms with Gasteiger partial charge in [-0.25, -0.2) is 0 Å². The van der Waals surface area contributed by atoms with Crippen molar-refractivity contribution < 1.29 is 4.74 Å². The summed E-state index contributed by atoms with van der Waals surface area (Å²) in [6.07, 6.45) is 2.45. The molecule has 0 aromatic heterocycles. The molecule has 2 nitrogen and oxygen atoms in total. The second-order valence-corrected chi connectivity index (χ2v) is 2.82. The Labute approximate surface area is 54.9 Å². The van der Waals surface area contributed by atoms with Gasteiger partial charge < -0.3 is 4.74 Å². The Morgan fingerprint density at radius 1 is 1.56 bits per heavy atom. The van der Waals surface area contributed by atoms with Crippen LogP contribution in [-0.2, 0) is 4.74 Å². The third-order valence-corrected chi connectivity index (χ3v) is 2.02. The molecule has 0 amide bonds. The first-order valence-corrected chi connectivity index (χ1v) is 3.55. The summed E-state index contributed by atoms with van der Waals surface area (Å²) >= 11 is 0. The maximum atomic E-state index is 5.31. The summed E-state index contributed by atoms with van der Waals surface area (Å²) in [5, 5.41) is 0. The van der Waals surface area contributed by atoms with Crippen LogP contribution in [0.2, 0.25) is 0 Å². The van der Waals surface area contributed by atoms with Gasteiger partial charge in [-0.15, -0.1) is 0 Å². The number of hydrogen-bond donors (Lipinski definition) is 0. The summed E-state index contributed by atoms with van der Waals surface area (Å²) in [5.41, 5.74) is 1.29. The minimum atomic E-state index is 0.797. The molecule has 1 atom stereocenters. The Balaban J connectivity index is 2.13. The SMILES string of the molecule is C1CC2COCC(=N1)C2. The van der Waals surface area contributed by atoms with Crippen LogP contribution in [0.1, 0.15) is 12.8 Å². The first-order chi connectivity index (χ1) is 4.45. The van der Waals surface area contributed by atoms with Gasteiger partial charge in [-0.2, -0.15) is 0 Å². The Morgan fingerprint density at radius 2 is 2.56 bits per heavy atom. The minimum Gasteiger partial charge on any atom is -0.375 e. The first-order valence-electron chi connectivity index (χ1n) is 3.55. The number of rotatable bonds is 0. The van der Waals surface area contributed by atoms with Gasteiger partial charge in [-0.05, 0) is 18.8 Å². The molecule has 2 heterocycles. The lowest BCUT2D eigenvalue weighted by Gasteiger charge is -2.26. The molecule has 2 rings (SSSR count). The van der Waals surface area contributed by atoms with E-state index < -0.39 is 0 Å². The van der Waals surface area contributed by atoms with Crippen LogP contribution < -0.4 is 0 Å². The second-order valence-electron chi connectivity index (χ2n) is 2.82. The standard InChI is InChI=1S/C7H11NO/c1-2-8-7-3-6(1)4-9-5-7/h6H,1-5H2. The van der Waals surface area contributed by atoms with Crippen LogP contribution in [0.15, 0.2) is 4.99 Å². The molecule has 1 unspecified atom stereocenters. The average Bonchev–Trinajstić information content (AvgIpc) is 1.88. The molecular formula is C7H11NO. The predicted octanol–water partition coefficient (Wildman–Crippen LogP) is 0.868. The molecule has 2 bridgehead atoms. The van der Waals surface area contributed by atoms with Crippen molar-refractivity contribution in [2.75, 3.05) is 19.8 Å². The first kappa shape index (κ1) is 5.42. The summed E-state index contributed by atoms with van der Waals surface area (Å²) in [6.45, 7) is 2.82. The zero-order valence-electron chi connectivity index (χ0n) is 5.47. The van der Waals surface area contributed by atoms with Gasteiger partial charge in [0.2, 0.25) is 0 Å². The molecule has 0 aliphatic carbocycles. The number of hydrogen-bond acceptors (Lipinski definition) is 2. The molecule has 0 aromatic carbocycles. The molecule has 0 radical (unpaired) electrons. The number of aliphatic imine (C=N–C) groups is 1. The van der Waals surface area contributed by atoms with Crippen molar-refractivity contribution in [2.45, 2.75) is 12.8 Å². The molecule has 0 N–H and O–H groups in total. The minimum absolute atomic E-state index is 0.797. The largest absolute Gasteiger partial charge is 0.375 e. The van der Waals surface area contributed by atoms with Crippen molar-refractivity contribution in [1.29, 1.82) is 0 Å². The molecule has 0 spiro atoms. The van der Waals surface area contributed by atoms with Crippen LogP contribution in [0.5, 0.6) is 0 Å². The van der Waals surface area contributed by atoms with Crippen LogP contribution in [0.25, 0.3) is 0 Å². The predicted molar refractivity (Wildman–Crippen MR) is 35.8 cm³/mol. The van der Waals surface area contributed by atoms with Gasteiger partial charge in [-0.1, -0.05) is 0 Å². The Hall–Kier alpha value is -0.370. The van der Waals surface area contributed by atoms with E-state index in [1.165, 1.54) is 18.6 Å². The van der Waals surface area contributed by atoms with E-state index in [1.54, 1.807) is 0 Å². The van der Waals surface area contributed by atoms with Gasteiger partial charge in [0.05, 0.1) is 13.2 Å². The zero-order chi connectivity index (χ0) is 6.10. The van der Waals surface area contributed by atoms with Gasteiger partial charge in [-0.3, -0.25) is 4.99 Å². The molecule has 9 heavy (non-hydrogen) atoms. The lowest BCUT2D eigenvalue weighted by Crippen LogP contribution is -2.29. The lowest BCUT2D eigenvalue weighted by molar-refractivity contribution is 0.105. The molecule has 1 saturated heterocycles. The van der Waals surface area contributed by atoms with E-state index in [0.717, 1.165) is 25.7 Å². The molecule has 2 aliphatic rings. The third kappa shape index (κ3) is 0.990. The summed E-state index contributed by atoms with van der Waals surface area (Å²) in [6, 6.07) is 0. The summed E-state index contributed by atoms with van der Waals surface area (Å²) < 4.78 is 5.31. The highest BCUT2D eigenvalue weighted by atomic mass is 16.5. The zero-order valence-corrected chi connectivity index (χ0v) is 5.47. The fourth-order valence-corrected chi connectivity index (χ4v) is 1.50. The highest BCUT2D eigenvalue weighted by Gasteiger charge is 2.21. The fraction of sp³-hybridized carbons (Fsp3) is 0.857. The van der Waals surface area contributed by atoms with Gasteiger partial charge >= 0.3 is 0 Å². The van der Waals surface area contributed by atoms with Crippen LogP contribution in [0, 0.1) is 5.92 Å². The second kappa shape index (κ2) is 2.10. The highest BCUT2D eigenvalue weighted by molar-refractivity contribution is 5.86. The van der Waals surface area contributed by atoms with E-state index >= 15 is 0 Å². The quantitative estimate of drug-likeness (QED) is 0.470. The van der Waals surface area contributed by atoms with E-state index in [9.17, 15) is 0 Å². The van der Waals surface area contributed by atoms with Crippen LogP contribution in [0.4, 0.5) is 0 Å². The van der Waals surface area contributed by atoms with E-state index in [2.05, 4.69) is 4.99 Å². The van der Waals surface area contributed by atoms with Gasteiger partial charge in [0, 0.05) is 12.3 Å². The van der Waals surface area contributed by atoms with Crippen molar-refractivity contribution in [1.82, 2.24) is 0 Å². The van der Waals surface area contributed by atoms with Gasteiger partial charge in [0.15, 0.2) is 0 Å². The normalized spacial score (nSPS) is 33.8. The summed E-state index contributed by atoms with van der Waals surface area (Å²) in [7, 11) is 0. The molecule has 0 saturated carbocycles. The summed E-state index contributed by atoms with van der Waals surface area (Å²) in [4.78, 5) is 4.34. The highest BCUT2D eigenvalue weighted by Crippen LogP contribution is 2.19. The van der Waals surface area contributed by atoms with Crippen molar-refractivity contribution in [3.63, 3.8) is 0 Å². The van der Waals surface area contributed by atoms with Gasteiger partial charge in [0.25, 0.3) is 0 Å². The van der Waals surface area contributed by atoms with E-state index in [1.807, 2.05) is 0 Å². The average molecular weight is 125 g/mol. The number of nitrogens with zero attached hydrogens (tertiary/aromatic N) is 1. The maximum absolute atomic E-state index is 5.31. The topological polar surface area (TPSA) is 21.6 Å². The Bertz CT molecular complexity index is 142. The monoisotopic (exact) mass is 125 g/mol. The Kier molecular flexibility index (Phi) is 1.27. The van der Waals surface area contributed by atoms with E-state index in [-0.39, 0.29) is 0 Å². The summed E-state index contributed by atoms with van der Waals surface area (Å²) in [5.74, 6) is 0.797. The van der Waals surface area contributed by atoms with E-state index in [0.29, 0.717) is 0 Å². The Morgan fingerprint density at radius 3 is 3.33 bits per heavy atom. The van der Waals surface area contributed by atoms with Gasteiger partial charge in [0.1, 0.15) is 0 Å². The molecular weight excluding hydrogens is 114 g/mol. The van der Waals surface area contributed by atoms with Crippen molar-refractivity contribution in [2.24, 2.45) is 10.9 Å². The number of ether oxygens (including phenoxy) is 1. The van der Waals surface area contributed by atoms with Crippen molar-refractivity contribution in [3.05, 3.63) is 0 Å². The molecule has 2 aliphatic heterocycles. The molecule has 0 aromatic rings. The third-order valence-electron chi connectivity index (χ3n) is 2.02. The molecule has 50 valence electrons. The maximum Gasteiger partial charge on any atom is 0.0844 e. The van der Waals surface area contributed by atoms with Crippen molar-refractivity contribution in [3.8, 4) is 0 Å². The van der Waals surface area contributed by atoms with Crippen LogP contribution in [0.3, 0.4) is 0 Å². The fourth-order valence-electron chi connectivity index (χ4n) is 1.50. The molecule has 1 fully saturated rings. The number of fused-ring (bicyclic) bond motifs is 2. The van der Waals surface area contributed by atoms with Crippen LogP contribution in [-0.4, -0.2) is 25.5 Å². The molecule has 2 heteroatoms. The smallest absolute Gasteiger partial charge is 0.0844 e. The van der Waals surface area contributed by atoms with Crippen molar-refractivity contribution >= 4 is 5.71 Å². The van der Waals surface area contributed by atoms with Crippen LogP contribution >= 0.6 is 0 Å². The lowest BCUT2D eigenvalue weighted by atomic mass is 9.95.